The number of hydrogen-bond acceptors (Lipinski definition) is 4. The van der Waals surface area contributed by atoms with Gasteiger partial charge in [-0.1, -0.05) is 23.7 Å². The van der Waals surface area contributed by atoms with Crippen LogP contribution in [-0.2, 0) is 15.8 Å². The zero-order chi connectivity index (χ0) is 18.0. The molecule has 0 fully saturated rings. The standard InChI is InChI=1S/C17H17ClFNO4S/c1-11(12-5-6-16-17(9-12)24-8-7-23-16)20-25(21,22)10-13-14(18)3-2-4-15(13)19/h2-6,9,11,20H,7-8,10H2,1H3. The number of fused-ring (bicyclic) bond motifs is 1. The maximum Gasteiger partial charge on any atom is 0.216 e. The molecule has 2 aromatic carbocycles. The Morgan fingerprint density at radius 2 is 1.92 bits per heavy atom. The zero-order valence-electron chi connectivity index (χ0n) is 13.5. The average molecular weight is 386 g/mol. The van der Waals surface area contributed by atoms with Crippen LogP contribution in [0, 0.1) is 5.82 Å². The Morgan fingerprint density at radius 1 is 1.20 bits per heavy atom. The van der Waals surface area contributed by atoms with E-state index in [9.17, 15) is 12.8 Å². The lowest BCUT2D eigenvalue weighted by atomic mass is 10.1. The monoisotopic (exact) mass is 385 g/mol. The first-order valence-electron chi connectivity index (χ1n) is 7.68. The Morgan fingerprint density at radius 3 is 2.64 bits per heavy atom. The SMILES string of the molecule is CC(NS(=O)(=O)Cc1c(F)cccc1Cl)c1ccc2c(c1)OCCO2. The number of benzene rings is 2. The Balaban J connectivity index is 1.76. The van der Waals surface area contributed by atoms with E-state index in [0.717, 1.165) is 0 Å². The van der Waals surface area contributed by atoms with Crippen molar-refractivity contribution in [1.82, 2.24) is 4.72 Å². The minimum absolute atomic E-state index is 0.0500. The number of hydrogen-bond donors (Lipinski definition) is 1. The van der Waals surface area contributed by atoms with E-state index in [4.69, 9.17) is 21.1 Å². The smallest absolute Gasteiger partial charge is 0.216 e. The highest BCUT2D eigenvalue weighted by molar-refractivity contribution is 7.88. The normalized spacial score (nSPS) is 15.0. The van der Waals surface area contributed by atoms with Gasteiger partial charge in [-0.25, -0.2) is 17.5 Å². The number of rotatable bonds is 5. The molecule has 0 saturated heterocycles. The summed E-state index contributed by atoms with van der Waals surface area (Å²) >= 11 is 5.91. The second-order valence-corrected chi connectivity index (χ2v) is 7.86. The summed E-state index contributed by atoms with van der Waals surface area (Å²) in [5.41, 5.74) is 0.665. The molecule has 0 aromatic heterocycles. The third-order valence-corrected chi connectivity index (χ3v) is 5.55. The quantitative estimate of drug-likeness (QED) is 0.856. The fourth-order valence-electron chi connectivity index (χ4n) is 2.57. The van der Waals surface area contributed by atoms with Crippen LogP contribution in [0.2, 0.25) is 5.02 Å². The summed E-state index contributed by atoms with van der Waals surface area (Å²) in [7, 11) is -3.79. The highest BCUT2D eigenvalue weighted by Gasteiger charge is 2.21. The molecular formula is C17H17ClFNO4S. The lowest BCUT2D eigenvalue weighted by Crippen LogP contribution is -2.28. The molecule has 1 N–H and O–H groups in total. The Kier molecular flexibility index (Phi) is 5.17. The molecule has 3 rings (SSSR count). The second-order valence-electron chi connectivity index (χ2n) is 5.70. The largest absolute Gasteiger partial charge is 0.486 e. The van der Waals surface area contributed by atoms with E-state index in [-0.39, 0.29) is 10.6 Å². The molecule has 1 aliphatic heterocycles. The van der Waals surface area contributed by atoms with Crippen LogP contribution in [0.25, 0.3) is 0 Å². The van der Waals surface area contributed by atoms with Crippen LogP contribution in [-0.4, -0.2) is 21.6 Å². The van der Waals surface area contributed by atoms with Gasteiger partial charge in [0.25, 0.3) is 0 Å². The van der Waals surface area contributed by atoms with Crippen LogP contribution in [0.5, 0.6) is 11.5 Å². The number of nitrogens with one attached hydrogen (secondary N) is 1. The molecular weight excluding hydrogens is 369 g/mol. The molecule has 1 aliphatic rings. The number of halogens is 2. The van der Waals surface area contributed by atoms with Crippen molar-refractivity contribution in [1.29, 1.82) is 0 Å². The fraction of sp³-hybridized carbons (Fsp3) is 0.294. The van der Waals surface area contributed by atoms with Crippen LogP contribution in [0.3, 0.4) is 0 Å². The highest BCUT2D eigenvalue weighted by Crippen LogP contribution is 2.33. The van der Waals surface area contributed by atoms with Crippen molar-refractivity contribution in [2.45, 2.75) is 18.7 Å². The Bertz CT molecular complexity index is 868. The predicted molar refractivity (Wildman–Crippen MR) is 93.0 cm³/mol. The van der Waals surface area contributed by atoms with E-state index in [2.05, 4.69) is 4.72 Å². The summed E-state index contributed by atoms with van der Waals surface area (Å²) in [5.74, 6) is 0.0212. The molecule has 134 valence electrons. The van der Waals surface area contributed by atoms with Gasteiger partial charge in [0, 0.05) is 16.6 Å². The maximum atomic E-state index is 13.8. The first-order valence-corrected chi connectivity index (χ1v) is 9.71. The third-order valence-electron chi connectivity index (χ3n) is 3.82. The van der Waals surface area contributed by atoms with Gasteiger partial charge < -0.3 is 9.47 Å². The van der Waals surface area contributed by atoms with Gasteiger partial charge in [-0.15, -0.1) is 0 Å². The van der Waals surface area contributed by atoms with Gasteiger partial charge in [-0.05, 0) is 36.8 Å². The molecule has 1 atom stereocenters. The van der Waals surface area contributed by atoms with E-state index in [1.807, 2.05) is 0 Å². The van der Waals surface area contributed by atoms with Gasteiger partial charge >= 0.3 is 0 Å². The van der Waals surface area contributed by atoms with Crippen molar-refractivity contribution in [3.63, 3.8) is 0 Å². The summed E-state index contributed by atoms with van der Waals surface area (Å²) < 4.78 is 52.1. The van der Waals surface area contributed by atoms with Crippen LogP contribution in [0.1, 0.15) is 24.1 Å². The van der Waals surface area contributed by atoms with Crippen LogP contribution in [0.15, 0.2) is 36.4 Å². The van der Waals surface area contributed by atoms with E-state index in [1.165, 1.54) is 18.2 Å². The van der Waals surface area contributed by atoms with Crippen molar-refractivity contribution in [2.24, 2.45) is 0 Å². The lowest BCUT2D eigenvalue weighted by molar-refractivity contribution is 0.171. The summed E-state index contributed by atoms with van der Waals surface area (Å²) in [6.07, 6.45) is 0. The first kappa shape index (κ1) is 18.0. The van der Waals surface area contributed by atoms with Gasteiger partial charge in [0.1, 0.15) is 19.0 Å². The molecule has 0 aliphatic carbocycles. The van der Waals surface area contributed by atoms with Gasteiger partial charge in [0.05, 0.1) is 5.75 Å². The molecule has 0 amide bonds. The molecule has 0 bridgehead atoms. The number of sulfonamides is 1. The van der Waals surface area contributed by atoms with Gasteiger partial charge in [-0.3, -0.25) is 0 Å². The lowest BCUT2D eigenvalue weighted by Gasteiger charge is -2.21. The van der Waals surface area contributed by atoms with Crippen molar-refractivity contribution in [2.75, 3.05) is 13.2 Å². The van der Waals surface area contributed by atoms with Gasteiger partial charge in [-0.2, -0.15) is 0 Å². The minimum Gasteiger partial charge on any atom is -0.486 e. The Hall–Kier alpha value is -1.83. The van der Waals surface area contributed by atoms with Gasteiger partial charge in [0.15, 0.2) is 11.5 Å². The van der Waals surface area contributed by atoms with Crippen LogP contribution in [0.4, 0.5) is 4.39 Å². The first-order chi connectivity index (χ1) is 11.9. The summed E-state index contributed by atoms with van der Waals surface area (Å²) in [6.45, 7) is 2.63. The van der Waals surface area contributed by atoms with Crippen molar-refractivity contribution >= 4 is 21.6 Å². The fourth-order valence-corrected chi connectivity index (χ4v) is 4.31. The highest BCUT2D eigenvalue weighted by atomic mass is 35.5. The van der Waals surface area contributed by atoms with E-state index in [0.29, 0.717) is 30.3 Å². The minimum atomic E-state index is -3.79. The zero-order valence-corrected chi connectivity index (χ0v) is 15.0. The summed E-state index contributed by atoms with van der Waals surface area (Å²) in [5, 5.41) is 0.0809. The molecule has 5 nitrogen and oxygen atoms in total. The van der Waals surface area contributed by atoms with E-state index >= 15 is 0 Å². The third kappa shape index (κ3) is 4.23. The molecule has 8 heteroatoms. The molecule has 2 aromatic rings. The molecule has 1 unspecified atom stereocenters. The average Bonchev–Trinajstić information content (AvgIpc) is 2.57. The molecule has 25 heavy (non-hydrogen) atoms. The molecule has 1 heterocycles. The number of ether oxygens (including phenoxy) is 2. The van der Waals surface area contributed by atoms with E-state index < -0.39 is 27.6 Å². The topological polar surface area (TPSA) is 64.6 Å². The molecule has 0 radical (unpaired) electrons. The van der Waals surface area contributed by atoms with Crippen LogP contribution >= 0.6 is 11.6 Å². The Labute approximate surface area is 150 Å². The molecule has 0 saturated carbocycles. The summed E-state index contributed by atoms with van der Waals surface area (Å²) in [4.78, 5) is 0. The van der Waals surface area contributed by atoms with Crippen molar-refractivity contribution in [3.05, 3.63) is 58.4 Å². The molecule has 0 spiro atoms. The predicted octanol–water partition coefficient (Wildman–Crippen LogP) is 3.43. The van der Waals surface area contributed by atoms with E-state index in [1.54, 1.807) is 25.1 Å². The maximum absolute atomic E-state index is 13.8. The second kappa shape index (κ2) is 7.19. The van der Waals surface area contributed by atoms with Gasteiger partial charge in [0.2, 0.25) is 10.0 Å². The van der Waals surface area contributed by atoms with Crippen molar-refractivity contribution in [3.8, 4) is 11.5 Å². The van der Waals surface area contributed by atoms with Crippen LogP contribution < -0.4 is 14.2 Å². The summed E-state index contributed by atoms with van der Waals surface area (Å²) in [6, 6.07) is 8.78. The van der Waals surface area contributed by atoms with Crippen molar-refractivity contribution < 1.29 is 22.3 Å².